The predicted octanol–water partition coefficient (Wildman–Crippen LogP) is 4.42. The van der Waals surface area contributed by atoms with Gasteiger partial charge in [-0.15, -0.1) is 0 Å². The molecule has 0 saturated heterocycles. The first-order valence-electron chi connectivity index (χ1n) is 4.76. The number of halogens is 4. The third-order valence-corrected chi connectivity index (χ3v) is 2.49. The summed E-state index contributed by atoms with van der Waals surface area (Å²) < 4.78 is 38.3. The Hall–Kier alpha value is -1.55. The Morgan fingerprint density at radius 1 is 1.00 bits per heavy atom. The van der Waals surface area contributed by atoms with Crippen molar-refractivity contribution in [2.24, 2.45) is 0 Å². The largest absolute Gasteiger partial charge is 0.417 e. The van der Waals surface area contributed by atoms with E-state index in [-0.39, 0.29) is 10.7 Å². The van der Waals surface area contributed by atoms with Gasteiger partial charge in [-0.1, -0.05) is 29.8 Å². The summed E-state index contributed by atoms with van der Waals surface area (Å²) in [5, 5.41) is 0.248. The monoisotopic (exact) mass is 257 g/mol. The van der Waals surface area contributed by atoms with Crippen LogP contribution < -0.4 is 0 Å². The first-order valence-corrected chi connectivity index (χ1v) is 5.14. The molecule has 0 radical (unpaired) electrons. The molecule has 2 aromatic rings. The van der Waals surface area contributed by atoms with Crippen LogP contribution in [0.4, 0.5) is 13.2 Å². The van der Waals surface area contributed by atoms with Crippen LogP contribution in [0, 0.1) is 0 Å². The zero-order chi connectivity index (χ0) is 12.5. The number of nitrogens with zero attached hydrogens (tertiary/aromatic N) is 1. The molecule has 0 aliphatic heterocycles. The first kappa shape index (κ1) is 11.9. The minimum Gasteiger partial charge on any atom is -0.244 e. The standard InChI is InChI=1S/C12H7ClF3N/c13-11-6-5-8(7-17-11)9-3-1-2-4-10(9)12(14,15)16/h1-7H. The molecule has 1 heterocycles. The second kappa shape index (κ2) is 4.37. The SMILES string of the molecule is FC(F)(F)c1ccccc1-c1ccc(Cl)nc1. The molecule has 0 aliphatic rings. The summed E-state index contributed by atoms with van der Waals surface area (Å²) in [5.74, 6) is 0. The molecule has 0 aliphatic carbocycles. The molecule has 0 amide bonds. The van der Waals surface area contributed by atoms with Crippen LogP contribution in [0.1, 0.15) is 5.56 Å². The smallest absolute Gasteiger partial charge is 0.244 e. The van der Waals surface area contributed by atoms with Gasteiger partial charge in [-0.3, -0.25) is 0 Å². The van der Waals surface area contributed by atoms with E-state index in [4.69, 9.17) is 11.6 Å². The second-order valence-electron chi connectivity index (χ2n) is 3.41. The van der Waals surface area contributed by atoms with E-state index >= 15 is 0 Å². The first-order chi connectivity index (χ1) is 7.98. The highest BCUT2D eigenvalue weighted by atomic mass is 35.5. The lowest BCUT2D eigenvalue weighted by molar-refractivity contribution is -0.137. The van der Waals surface area contributed by atoms with E-state index in [2.05, 4.69) is 4.98 Å². The fraction of sp³-hybridized carbons (Fsp3) is 0.0833. The summed E-state index contributed by atoms with van der Waals surface area (Å²) in [7, 11) is 0. The van der Waals surface area contributed by atoms with E-state index in [1.165, 1.54) is 30.5 Å². The second-order valence-corrected chi connectivity index (χ2v) is 3.80. The van der Waals surface area contributed by atoms with Crippen LogP contribution in [0.25, 0.3) is 11.1 Å². The van der Waals surface area contributed by atoms with Gasteiger partial charge in [0.25, 0.3) is 0 Å². The van der Waals surface area contributed by atoms with Gasteiger partial charge in [0.1, 0.15) is 5.15 Å². The maximum Gasteiger partial charge on any atom is 0.417 e. The molecule has 1 nitrogen and oxygen atoms in total. The van der Waals surface area contributed by atoms with Gasteiger partial charge >= 0.3 is 6.18 Å². The molecule has 88 valence electrons. The van der Waals surface area contributed by atoms with E-state index in [1.807, 2.05) is 0 Å². The topological polar surface area (TPSA) is 12.9 Å². The van der Waals surface area contributed by atoms with Gasteiger partial charge in [0.15, 0.2) is 0 Å². The highest BCUT2D eigenvalue weighted by Gasteiger charge is 2.33. The van der Waals surface area contributed by atoms with Gasteiger partial charge in [-0.25, -0.2) is 4.98 Å². The molecule has 5 heteroatoms. The molecular weight excluding hydrogens is 251 g/mol. The lowest BCUT2D eigenvalue weighted by atomic mass is 10.0. The minimum atomic E-state index is -4.38. The third kappa shape index (κ3) is 2.58. The van der Waals surface area contributed by atoms with Gasteiger partial charge in [-0.2, -0.15) is 13.2 Å². The maximum absolute atomic E-state index is 12.8. The summed E-state index contributed by atoms with van der Waals surface area (Å²) in [6.07, 6.45) is -3.05. The molecular formula is C12H7ClF3N. The molecule has 1 aromatic heterocycles. The molecule has 17 heavy (non-hydrogen) atoms. The van der Waals surface area contributed by atoms with Crippen molar-refractivity contribution in [1.82, 2.24) is 4.98 Å². The molecule has 0 bridgehead atoms. The Balaban J connectivity index is 2.56. The quantitative estimate of drug-likeness (QED) is 0.689. The van der Waals surface area contributed by atoms with Crippen LogP contribution in [0.2, 0.25) is 5.15 Å². The maximum atomic E-state index is 12.8. The number of rotatable bonds is 1. The molecule has 0 atom stereocenters. The molecule has 1 aromatic carbocycles. The van der Waals surface area contributed by atoms with Gasteiger partial charge in [0.05, 0.1) is 5.56 Å². The average molecular weight is 258 g/mol. The van der Waals surface area contributed by atoms with Crippen molar-refractivity contribution in [2.75, 3.05) is 0 Å². The van der Waals surface area contributed by atoms with Crippen LogP contribution in [0.15, 0.2) is 42.6 Å². The van der Waals surface area contributed by atoms with E-state index in [9.17, 15) is 13.2 Å². The molecule has 0 fully saturated rings. The number of alkyl halides is 3. The van der Waals surface area contributed by atoms with Crippen LogP contribution in [0.5, 0.6) is 0 Å². The lowest BCUT2D eigenvalue weighted by Gasteiger charge is -2.12. The van der Waals surface area contributed by atoms with Crippen molar-refractivity contribution in [3.05, 3.63) is 53.3 Å². The number of aromatic nitrogens is 1. The Kier molecular flexibility index (Phi) is 3.07. The van der Waals surface area contributed by atoms with Crippen molar-refractivity contribution in [3.8, 4) is 11.1 Å². The van der Waals surface area contributed by atoms with Gasteiger partial charge < -0.3 is 0 Å². The number of hydrogen-bond donors (Lipinski definition) is 0. The Labute approximate surface area is 101 Å². The molecule has 0 saturated carbocycles. The zero-order valence-corrected chi connectivity index (χ0v) is 9.26. The normalized spacial score (nSPS) is 11.5. The Bertz CT molecular complexity index is 520. The number of benzene rings is 1. The van der Waals surface area contributed by atoms with Crippen molar-refractivity contribution < 1.29 is 13.2 Å². The lowest BCUT2D eigenvalue weighted by Crippen LogP contribution is -2.06. The van der Waals surface area contributed by atoms with Gasteiger partial charge in [-0.05, 0) is 23.8 Å². The summed E-state index contributed by atoms with van der Waals surface area (Å²) in [6.45, 7) is 0. The molecule has 0 unspecified atom stereocenters. The minimum absolute atomic E-state index is 0.101. The summed E-state index contributed by atoms with van der Waals surface area (Å²) in [4.78, 5) is 3.78. The van der Waals surface area contributed by atoms with Gasteiger partial charge in [0.2, 0.25) is 0 Å². The van der Waals surface area contributed by atoms with Crippen molar-refractivity contribution in [1.29, 1.82) is 0 Å². The van der Waals surface area contributed by atoms with Crippen LogP contribution in [-0.2, 0) is 6.18 Å². The summed E-state index contributed by atoms with van der Waals surface area (Å²) in [5.41, 5.74) is -0.185. The van der Waals surface area contributed by atoms with Crippen LogP contribution in [-0.4, -0.2) is 4.98 Å². The number of hydrogen-bond acceptors (Lipinski definition) is 1. The molecule has 0 spiro atoms. The predicted molar refractivity (Wildman–Crippen MR) is 59.7 cm³/mol. The fourth-order valence-corrected chi connectivity index (χ4v) is 1.63. The molecule has 0 N–H and O–H groups in total. The Morgan fingerprint density at radius 2 is 1.71 bits per heavy atom. The highest BCUT2D eigenvalue weighted by molar-refractivity contribution is 6.29. The van der Waals surface area contributed by atoms with E-state index in [0.29, 0.717) is 5.56 Å². The zero-order valence-electron chi connectivity index (χ0n) is 8.50. The van der Waals surface area contributed by atoms with Crippen LogP contribution in [0.3, 0.4) is 0 Å². The fourth-order valence-electron chi connectivity index (χ4n) is 1.52. The van der Waals surface area contributed by atoms with Crippen molar-refractivity contribution >= 4 is 11.6 Å². The van der Waals surface area contributed by atoms with E-state index < -0.39 is 11.7 Å². The Morgan fingerprint density at radius 3 is 2.29 bits per heavy atom. The number of pyridine rings is 1. The third-order valence-electron chi connectivity index (χ3n) is 2.27. The van der Waals surface area contributed by atoms with Crippen molar-refractivity contribution in [2.45, 2.75) is 6.18 Å². The van der Waals surface area contributed by atoms with E-state index in [0.717, 1.165) is 6.07 Å². The van der Waals surface area contributed by atoms with Crippen LogP contribution >= 0.6 is 11.6 Å². The van der Waals surface area contributed by atoms with E-state index in [1.54, 1.807) is 6.07 Å². The van der Waals surface area contributed by atoms with Crippen molar-refractivity contribution in [3.63, 3.8) is 0 Å². The average Bonchev–Trinajstić information content (AvgIpc) is 2.29. The molecule has 2 rings (SSSR count). The van der Waals surface area contributed by atoms with Gasteiger partial charge in [0, 0.05) is 11.8 Å². The highest BCUT2D eigenvalue weighted by Crippen LogP contribution is 2.36. The summed E-state index contributed by atoms with van der Waals surface area (Å²) >= 11 is 5.60. The summed E-state index contributed by atoms with van der Waals surface area (Å²) in [6, 6.07) is 8.34.